The summed E-state index contributed by atoms with van der Waals surface area (Å²) in [5, 5.41) is 11.8. The van der Waals surface area contributed by atoms with Crippen molar-refractivity contribution in [3.05, 3.63) is 50.7 Å². The van der Waals surface area contributed by atoms with Gasteiger partial charge in [0.1, 0.15) is 5.75 Å². The van der Waals surface area contributed by atoms with Gasteiger partial charge in [-0.05, 0) is 36.8 Å². The molecule has 0 saturated heterocycles. The molecule has 24 heavy (non-hydrogen) atoms. The minimum absolute atomic E-state index is 0.0736. The van der Waals surface area contributed by atoms with Crippen LogP contribution in [0.25, 0.3) is 0 Å². The van der Waals surface area contributed by atoms with Gasteiger partial charge in [0.15, 0.2) is 6.61 Å². The van der Waals surface area contributed by atoms with Crippen molar-refractivity contribution in [3.8, 4) is 11.8 Å². The number of nitriles is 1. The third-order valence-electron chi connectivity index (χ3n) is 3.10. The van der Waals surface area contributed by atoms with Crippen LogP contribution in [0.2, 0.25) is 5.02 Å². The largest absolute Gasteiger partial charge is 0.484 e. The highest BCUT2D eigenvalue weighted by Crippen LogP contribution is 2.25. The molecule has 2 aromatic rings. The summed E-state index contributed by atoms with van der Waals surface area (Å²) in [6, 6.07) is 10.2. The Bertz CT molecular complexity index is 795. The van der Waals surface area contributed by atoms with E-state index in [1.807, 2.05) is 12.1 Å². The molecule has 0 spiro atoms. The average Bonchev–Trinajstić information content (AvgIpc) is 3.02. The summed E-state index contributed by atoms with van der Waals surface area (Å²) in [4.78, 5) is 24.6. The number of halogens is 1. The minimum atomic E-state index is -0.147. The average molecular weight is 363 g/mol. The van der Waals surface area contributed by atoms with Crippen molar-refractivity contribution in [1.29, 1.82) is 5.26 Å². The third-order valence-corrected chi connectivity index (χ3v) is 4.58. The summed E-state index contributed by atoms with van der Waals surface area (Å²) in [6.07, 6.45) is 0.680. The van der Waals surface area contributed by atoms with Crippen LogP contribution in [0.5, 0.6) is 5.75 Å². The highest BCUT2D eigenvalue weighted by atomic mass is 35.5. The van der Waals surface area contributed by atoms with E-state index < -0.39 is 0 Å². The summed E-state index contributed by atoms with van der Waals surface area (Å²) in [5.41, 5.74) is 0.431. The second kappa shape index (κ2) is 8.48. The van der Waals surface area contributed by atoms with E-state index in [-0.39, 0.29) is 18.3 Å². The first-order valence-corrected chi connectivity index (χ1v) is 8.38. The van der Waals surface area contributed by atoms with Crippen LogP contribution in [0.15, 0.2) is 30.3 Å². The molecule has 0 radical (unpaired) electrons. The topological polar surface area (TPSA) is 79.2 Å². The molecular formula is C17H15ClN2O3S. The number of Topliss-reactive ketones (excluding diaryl/α,β-unsaturated/α-hetero) is 1. The lowest BCUT2D eigenvalue weighted by Gasteiger charge is -2.06. The number of carbonyl (C=O) groups excluding carboxylic acids is 2. The quantitative estimate of drug-likeness (QED) is 0.767. The van der Waals surface area contributed by atoms with E-state index in [1.165, 1.54) is 24.3 Å². The standard InChI is InChI=1S/C17H15ClN2O3S/c1-11(21)20-7-6-13-3-5-17(24-13)15(22)10-23-16-4-2-12(9-19)8-14(16)18/h2-5,8H,6-7,10H2,1H3,(H,20,21). The normalized spacial score (nSPS) is 10.0. The Hall–Kier alpha value is -2.36. The molecule has 0 aliphatic heterocycles. The highest BCUT2D eigenvalue weighted by Gasteiger charge is 2.12. The Balaban J connectivity index is 1.90. The molecule has 124 valence electrons. The number of ketones is 1. The molecule has 1 N–H and O–H groups in total. The lowest BCUT2D eigenvalue weighted by Crippen LogP contribution is -2.22. The zero-order valence-corrected chi connectivity index (χ0v) is 14.5. The van der Waals surface area contributed by atoms with Crippen molar-refractivity contribution in [3.63, 3.8) is 0 Å². The summed E-state index contributed by atoms with van der Waals surface area (Å²) in [6.45, 7) is 1.88. The minimum Gasteiger partial charge on any atom is -0.484 e. The number of nitrogens with one attached hydrogen (secondary N) is 1. The maximum atomic E-state index is 12.2. The number of amides is 1. The molecule has 0 saturated carbocycles. The summed E-state index contributed by atoms with van der Waals surface area (Å²) in [5.74, 6) is 0.146. The summed E-state index contributed by atoms with van der Waals surface area (Å²) >= 11 is 7.39. The van der Waals surface area contributed by atoms with Crippen molar-refractivity contribution in [2.24, 2.45) is 0 Å². The monoisotopic (exact) mass is 362 g/mol. The van der Waals surface area contributed by atoms with E-state index in [4.69, 9.17) is 21.6 Å². The molecule has 5 nitrogen and oxygen atoms in total. The van der Waals surface area contributed by atoms with Crippen LogP contribution < -0.4 is 10.1 Å². The first-order chi connectivity index (χ1) is 11.5. The Morgan fingerprint density at radius 3 is 2.79 bits per heavy atom. The van der Waals surface area contributed by atoms with Crippen molar-refractivity contribution in [2.45, 2.75) is 13.3 Å². The van der Waals surface area contributed by atoms with Crippen LogP contribution in [-0.2, 0) is 11.2 Å². The van der Waals surface area contributed by atoms with Gasteiger partial charge in [0.25, 0.3) is 0 Å². The van der Waals surface area contributed by atoms with E-state index in [1.54, 1.807) is 18.2 Å². The van der Waals surface area contributed by atoms with Gasteiger partial charge in [0.05, 0.1) is 21.5 Å². The van der Waals surface area contributed by atoms with Gasteiger partial charge < -0.3 is 10.1 Å². The molecule has 0 bridgehead atoms. The maximum Gasteiger partial charge on any atom is 0.216 e. The van der Waals surface area contributed by atoms with Gasteiger partial charge in [-0.3, -0.25) is 9.59 Å². The van der Waals surface area contributed by atoms with Gasteiger partial charge in [-0.2, -0.15) is 5.26 Å². The van der Waals surface area contributed by atoms with Crippen LogP contribution >= 0.6 is 22.9 Å². The Labute approximate surface area is 148 Å². The van der Waals surface area contributed by atoms with Gasteiger partial charge in [-0.1, -0.05) is 11.6 Å². The first kappa shape index (κ1) is 18.0. The second-order valence-corrected chi connectivity index (χ2v) is 6.54. The first-order valence-electron chi connectivity index (χ1n) is 7.18. The molecule has 0 unspecified atom stereocenters. The number of benzene rings is 1. The van der Waals surface area contributed by atoms with Crippen LogP contribution in [0.3, 0.4) is 0 Å². The van der Waals surface area contributed by atoms with Crippen molar-refractivity contribution in [2.75, 3.05) is 13.2 Å². The Kier molecular flexibility index (Phi) is 6.36. The lowest BCUT2D eigenvalue weighted by atomic mass is 10.2. The number of hydrogen-bond donors (Lipinski definition) is 1. The predicted octanol–water partition coefficient (Wildman–Crippen LogP) is 3.21. The summed E-state index contributed by atoms with van der Waals surface area (Å²) < 4.78 is 5.43. The van der Waals surface area contributed by atoms with E-state index in [0.717, 1.165) is 4.88 Å². The van der Waals surface area contributed by atoms with E-state index in [9.17, 15) is 9.59 Å². The van der Waals surface area contributed by atoms with Crippen LogP contribution in [0.1, 0.15) is 27.0 Å². The molecule has 0 atom stereocenters. The molecule has 0 fully saturated rings. The fourth-order valence-corrected chi connectivity index (χ4v) is 3.09. The third kappa shape index (κ3) is 5.08. The number of thiophene rings is 1. The molecule has 1 amide bonds. The van der Waals surface area contributed by atoms with Crippen LogP contribution in [0, 0.1) is 11.3 Å². The molecule has 0 aliphatic rings. The SMILES string of the molecule is CC(=O)NCCc1ccc(C(=O)COc2ccc(C#N)cc2Cl)s1. The number of rotatable bonds is 7. The van der Waals surface area contributed by atoms with E-state index >= 15 is 0 Å². The van der Waals surface area contributed by atoms with Gasteiger partial charge in [-0.15, -0.1) is 11.3 Å². The smallest absolute Gasteiger partial charge is 0.216 e. The van der Waals surface area contributed by atoms with Gasteiger partial charge in [0.2, 0.25) is 11.7 Å². The molecule has 7 heteroatoms. The van der Waals surface area contributed by atoms with Gasteiger partial charge in [0, 0.05) is 18.3 Å². The van der Waals surface area contributed by atoms with Crippen molar-refractivity contribution < 1.29 is 14.3 Å². The number of carbonyl (C=O) groups is 2. The van der Waals surface area contributed by atoms with E-state index in [2.05, 4.69) is 5.32 Å². The fraction of sp³-hybridized carbons (Fsp3) is 0.235. The molecule has 1 heterocycles. The number of nitrogens with zero attached hydrogens (tertiary/aromatic N) is 1. The molecular weight excluding hydrogens is 348 g/mol. The second-order valence-electron chi connectivity index (χ2n) is 4.97. The number of ether oxygens (including phenoxy) is 1. The zero-order chi connectivity index (χ0) is 17.5. The van der Waals surface area contributed by atoms with Crippen molar-refractivity contribution >= 4 is 34.6 Å². The Morgan fingerprint density at radius 1 is 1.33 bits per heavy atom. The van der Waals surface area contributed by atoms with E-state index in [0.29, 0.717) is 34.2 Å². The van der Waals surface area contributed by atoms with Crippen molar-refractivity contribution in [1.82, 2.24) is 5.32 Å². The van der Waals surface area contributed by atoms with Crippen LogP contribution in [-0.4, -0.2) is 24.8 Å². The fourth-order valence-electron chi connectivity index (χ4n) is 1.93. The van der Waals surface area contributed by atoms with Gasteiger partial charge in [-0.25, -0.2) is 0 Å². The molecule has 0 aliphatic carbocycles. The molecule has 2 rings (SSSR count). The Morgan fingerprint density at radius 2 is 2.12 bits per heavy atom. The lowest BCUT2D eigenvalue weighted by molar-refractivity contribution is -0.118. The highest BCUT2D eigenvalue weighted by molar-refractivity contribution is 7.14. The van der Waals surface area contributed by atoms with Gasteiger partial charge >= 0.3 is 0 Å². The zero-order valence-electron chi connectivity index (χ0n) is 13.0. The molecule has 1 aromatic carbocycles. The van der Waals surface area contributed by atoms with Crippen LogP contribution in [0.4, 0.5) is 0 Å². The summed E-state index contributed by atoms with van der Waals surface area (Å²) in [7, 11) is 0. The predicted molar refractivity (Wildman–Crippen MR) is 92.7 cm³/mol. The maximum absolute atomic E-state index is 12.2. The number of hydrogen-bond acceptors (Lipinski definition) is 5. The molecule has 1 aromatic heterocycles.